The highest BCUT2D eigenvalue weighted by Crippen LogP contribution is 2.17. The molecule has 0 amide bonds. The Hall–Kier alpha value is -0.530. The Bertz CT molecular complexity index is 143. The Morgan fingerprint density at radius 2 is 2.17 bits per heavy atom. The fourth-order valence-electron chi connectivity index (χ4n) is 1.63. The molecule has 72 valence electrons. The molecule has 0 spiro atoms. The van der Waals surface area contributed by atoms with Crippen molar-refractivity contribution in [3.05, 3.63) is 11.8 Å². The van der Waals surface area contributed by atoms with E-state index in [9.17, 15) is 0 Å². The standard InChI is InChI=1S/C10H19N.FH/c1-3-5-8-11-9-6-7-10(11)4-2;/h7H,3-6,8-9H2,1-2H3;1H. The zero-order valence-electron chi connectivity index (χ0n) is 8.18. The maximum atomic E-state index is 2.53. The van der Waals surface area contributed by atoms with Gasteiger partial charge in [0.25, 0.3) is 0 Å². The lowest BCUT2D eigenvalue weighted by molar-refractivity contribution is 0.359. The predicted octanol–water partition coefficient (Wildman–Crippen LogP) is 2.94. The predicted molar refractivity (Wildman–Crippen MR) is 52.0 cm³/mol. The number of nitrogens with zero attached hydrogens (tertiary/aromatic N) is 1. The van der Waals surface area contributed by atoms with Gasteiger partial charge in [0.15, 0.2) is 0 Å². The molecular formula is C10H20FN. The first-order valence-corrected chi connectivity index (χ1v) is 4.82. The molecule has 1 nitrogen and oxygen atoms in total. The highest BCUT2D eigenvalue weighted by atomic mass is 19.0. The normalized spacial score (nSPS) is 15.8. The van der Waals surface area contributed by atoms with E-state index < -0.39 is 0 Å². The summed E-state index contributed by atoms with van der Waals surface area (Å²) >= 11 is 0. The van der Waals surface area contributed by atoms with Crippen LogP contribution < -0.4 is 0 Å². The molecule has 1 aliphatic rings. The Labute approximate surface area is 74.8 Å². The van der Waals surface area contributed by atoms with Crippen LogP contribution in [0.1, 0.15) is 39.5 Å². The molecule has 0 saturated carbocycles. The Kier molecular flexibility index (Phi) is 5.77. The number of unbranched alkanes of at least 4 members (excludes halogenated alkanes) is 1. The van der Waals surface area contributed by atoms with Crippen LogP contribution in [0.2, 0.25) is 0 Å². The average molecular weight is 173 g/mol. The van der Waals surface area contributed by atoms with Gasteiger partial charge in [0, 0.05) is 18.8 Å². The van der Waals surface area contributed by atoms with E-state index in [1.807, 2.05) is 0 Å². The van der Waals surface area contributed by atoms with Gasteiger partial charge in [-0.15, -0.1) is 0 Å². The summed E-state index contributed by atoms with van der Waals surface area (Å²) in [5.41, 5.74) is 1.57. The van der Waals surface area contributed by atoms with E-state index in [1.165, 1.54) is 38.8 Å². The minimum Gasteiger partial charge on any atom is -0.375 e. The molecule has 0 bridgehead atoms. The molecule has 1 rings (SSSR count). The minimum atomic E-state index is 0. The summed E-state index contributed by atoms with van der Waals surface area (Å²) < 4.78 is 0. The van der Waals surface area contributed by atoms with Crippen LogP contribution in [0.4, 0.5) is 4.70 Å². The monoisotopic (exact) mass is 173 g/mol. The van der Waals surface area contributed by atoms with Crippen molar-refractivity contribution in [2.24, 2.45) is 0 Å². The summed E-state index contributed by atoms with van der Waals surface area (Å²) in [5, 5.41) is 0. The van der Waals surface area contributed by atoms with Crippen molar-refractivity contribution in [3.8, 4) is 0 Å². The smallest absolute Gasteiger partial charge is 0.0210 e. The van der Waals surface area contributed by atoms with Gasteiger partial charge in [-0.2, -0.15) is 0 Å². The number of allylic oxidation sites excluding steroid dienone is 1. The lowest BCUT2D eigenvalue weighted by atomic mass is 10.3. The van der Waals surface area contributed by atoms with Crippen LogP contribution in [-0.4, -0.2) is 18.0 Å². The van der Waals surface area contributed by atoms with Gasteiger partial charge in [-0.25, -0.2) is 0 Å². The van der Waals surface area contributed by atoms with Crippen LogP contribution in [0.5, 0.6) is 0 Å². The summed E-state index contributed by atoms with van der Waals surface area (Å²) in [4.78, 5) is 2.53. The fraction of sp³-hybridized carbons (Fsp3) is 0.800. The Balaban J connectivity index is 0.00000121. The first-order valence-electron chi connectivity index (χ1n) is 4.82. The van der Waals surface area contributed by atoms with Crippen molar-refractivity contribution in [2.75, 3.05) is 13.1 Å². The van der Waals surface area contributed by atoms with Gasteiger partial charge in [0.2, 0.25) is 0 Å². The van der Waals surface area contributed by atoms with E-state index in [4.69, 9.17) is 0 Å². The molecule has 0 fully saturated rings. The van der Waals surface area contributed by atoms with E-state index in [1.54, 1.807) is 5.70 Å². The molecule has 0 radical (unpaired) electrons. The third-order valence-electron chi connectivity index (χ3n) is 2.33. The van der Waals surface area contributed by atoms with Crippen molar-refractivity contribution < 1.29 is 4.70 Å². The first kappa shape index (κ1) is 11.5. The number of rotatable bonds is 4. The zero-order chi connectivity index (χ0) is 8.10. The quantitative estimate of drug-likeness (QED) is 0.631. The van der Waals surface area contributed by atoms with Crippen LogP contribution in [0.15, 0.2) is 11.8 Å². The molecule has 1 heterocycles. The van der Waals surface area contributed by atoms with Gasteiger partial charge in [0.05, 0.1) is 0 Å². The van der Waals surface area contributed by atoms with Crippen molar-refractivity contribution in [1.82, 2.24) is 4.90 Å². The maximum absolute atomic E-state index is 2.53. The van der Waals surface area contributed by atoms with Crippen molar-refractivity contribution in [2.45, 2.75) is 39.5 Å². The Morgan fingerprint density at radius 3 is 2.75 bits per heavy atom. The minimum absolute atomic E-state index is 0. The molecule has 1 aliphatic heterocycles. The summed E-state index contributed by atoms with van der Waals surface area (Å²) in [6.45, 7) is 7.04. The lowest BCUT2D eigenvalue weighted by Crippen LogP contribution is -2.20. The van der Waals surface area contributed by atoms with Gasteiger partial charge in [-0.3, -0.25) is 4.70 Å². The third-order valence-corrected chi connectivity index (χ3v) is 2.33. The van der Waals surface area contributed by atoms with Gasteiger partial charge in [-0.05, 0) is 19.3 Å². The molecule has 0 aliphatic carbocycles. The topological polar surface area (TPSA) is 3.24 Å². The van der Waals surface area contributed by atoms with E-state index in [-0.39, 0.29) is 4.70 Å². The van der Waals surface area contributed by atoms with E-state index in [0.29, 0.717) is 0 Å². The van der Waals surface area contributed by atoms with Crippen LogP contribution in [0, 0.1) is 0 Å². The molecule has 2 heteroatoms. The third kappa shape index (κ3) is 2.84. The van der Waals surface area contributed by atoms with Crippen LogP contribution in [-0.2, 0) is 0 Å². The van der Waals surface area contributed by atoms with E-state index in [0.717, 1.165) is 0 Å². The summed E-state index contributed by atoms with van der Waals surface area (Å²) in [6, 6.07) is 0. The highest BCUT2D eigenvalue weighted by Gasteiger charge is 2.11. The maximum Gasteiger partial charge on any atom is 0.0210 e. The van der Waals surface area contributed by atoms with Crippen LogP contribution in [0.3, 0.4) is 0 Å². The average Bonchev–Trinajstić information content (AvgIpc) is 2.47. The molecule has 0 aromatic rings. The summed E-state index contributed by atoms with van der Waals surface area (Å²) in [5.74, 6) is 0. The fourth-order valence-corrected chi connectivity index (χ4v) is 1.63. The summed E-state index contributed by atoms with van der Waals surface area (Å²) in [6.07, 6.45) is 7.52. The van der Waals surface area contributed by atoms with Gasteiger partial charge >= 0.3 is 0 Å². The van der Waals surface area contributed by atoms with E-state index >= 15 is 0 Å². The number of halogens is 1. The van der Waals surface area contributed by atoms with Crippen molar-refractivity contribution in [3.63, 3.8) is 0 Å². The second kappa shape index (κ2) is 6.04. The summed E-state index contributed by atoms with van der Waals surface area (Å²) in [7, 11) is 0. The zero-order valence-corrected chi connectivity index (χ0v) is 8.18. The van der Waals surface area contributed by atoms with Gasteiger partial charge in [-0.1, -0.05) is 26.3 Å². The second-order valence-electron chi connectivity index (χ2n) is 3.18. The van der Waals surface area contributed by atoms with Gasteiger partial charge < -0.3 is 4.90 Å². The Morgan fingerprint density at radius 1 is 1.42 bits per heavy atom. The SMILES string of the molecule is CCCCN1CCC=C1CC.F. The van der Waals surface area contributed by atoms with Crippen molar-refractivity contribution >= 4 is 0 Å². The lowest BCUT2D eigenvalue weighted by Gasteiger charge is -2.20. The molecular weight excluding hydrogens is 153 g/mol. The molecule has 0 aromatic heterocycles. The number of hydrogen-bond donors (Lipinski definition) is 0. The molecule has 0 atom stereocenters. The van der Waals surface area contributed by atoms with Crippen LogP contribution in [0.25, 0.3) is 0 Å². The van der Waals surface area contributed by atoms with Crippen LogP contribution >= 0.6 is 0 Å². The molecule has 0 saturated heterocycles. The second-order valence-corrected chi connectivity index (χ2v) is 3.18. The molecule has 0 unspecified atom stereocenters. The highest BCUT2D eigenvalue weighted by molar-refractivity contribution is 5.06. The molecule has 0 N–H and O–H groups in total. The molecule has 12 heavy (non-hydrogen) atoms. The van der Waals surface area contributed by atoms with E-state index in [2.05, 4.69) is 24.8 Å². The molecule has 0 aromatic carbocycles. The van der Waals surface area contributed by atoms with Crippen molar-refractivity contribution in [1.29, 1.82) is 0 Å². The largest absolute Gasteiger partial charge is 0.375 e. The first-order chi connectivity index (χ1) is 5.38. The number of hydrogen-bond acceptors (Lipinski definition) is 1. The van der Waals surface area contributed by atoms with Gasteiger partial charge in [0.1, 0.15) is 0 Å².